The zero-order valence-corrected chi connectivity index (χ0v) is 20.0. The second-order valence-corrected chi connectivity index (χ2v) is 9.67. The molecule has 1 unspecified atom stereocenters. The van der Waals surface area contributed by atoms with Crippen molar-refractivity contribution >= 4 is 35.0 Å². The Hall–Kier alpha value is -4.09. The minimum absolute atomic E-state index is 0.115. The van der Waals surface area contributed by atoms with E-state index in [2.05, 4.69) is 12.2 Å². The van der Waals surface area contributed by atoms with Crippen molar-refractivity contribution in [2.45, 2.75) is 17.1 Å². The maximum Gasteiger partial charge on any atom is 0.262 e. The van der Waals surface area contributed by atoms with Gasteiger partial charge in [0.25, 0.3) is 11.8 Å². The Morgan fingerprint density at radius 1 is 0.800 bits per heavy atom. The molecule has 0 aliphatic carbocycles. The molecular formula is C30H24N2O2S. The third-order valence-corrected chi connectivity index (χ3v) is 6.94. The number of benzene rings is 4. The number of thioether (sulfide) groups is 1. The molecule has 0 bridgehead atoms. The van der Waals surface area contributed by atoms with E-state index in [1.165, 1.54) is 0 Å². The van der Waals surface area contributed by atoms with Crippen molar-refractivity contribution in [2.75, 3.05) is 10.2 Å². The summed E-state index contributed by atoms with van der Waals surface area (Å²) >= 11 is 1.73. The summed E-state index contributed by atoms with van der Waals surface area (Å²) in [5.41, 5.74) is 4.50. The molecule has 2 amide bonds. The van der Waals surface area contributed by atoms with Crippen LogP contribution in [0.5, 0.6) is 0 Å². The van der Waals surface area contributed by atoms with Crippen LogP contribution < -0.4 is 10.2 Å². The van der Waals surface area contributed by atoms with Gasteiger partial charge in [-0.05, 0) is 60.5 Å². The summed E-state index contributed by atoms with van der Waals surface area (Å²) in [6.07, 6.45) is 3.88. The fourth-order valence-corrected chi connectivity index (χ4v) is 5.04. The average molecular weight is 477 g/mol. The number of carbonyl (C=O) groups excluding carboxylic acids is 2. The standard InChI is InChI=1S/C30H24N2O2S/c1-21-19-20-32(27-13-7-8-14-28(27)35-21)30(34)23-15-17-24(18-16-23)31-29(33)26-12-6-5-11-25(26)22-9-3-2-4-10-22/h2-21H,1H3,(H,31,33). The van der Waals surface area contributed by atoms with Crippen molar-refractivity contribution in [1.29, 1.82) is 0 Å². The average Bonchev–Trinajstić information content (AvgIpc) is 3.07. The smallest absolute Gasteiger partial charge is 0.262 e. The molecule has 1 aliphatic rings. The summed E-state index contributed by atoms with van der Waals surface area (Å²) in [6, 6.07) is 32.3. The van der Waals surface area contributed by atoms with Crippen molar-refractivity contribution in [2.24, 2.45) is 0 Å². The summed E-state index contributed by atoms with van der Waals surface area (Å²) in [5, 5.41) is 3.23. The molecule has 35 heavy (non-hydrogen) atoms. The summed E-state index contributed by atoms with van der Waals surface area (Å²) in [7, 11) is 0. The van der Waals surface area contributed by atoms with Gasteiger partial charge in [0.05, 0.1) is 5.69 Å². The lowest BCUT2D eigenvalue weighted by atomic mass is 9.99. The Morgan fingerprint density at radius 2 is 1.49 bits per heavy atom. The summed E-state index contributed by atoms with van der Waals surface area (Å²) in [5.74, 6) is -0.311. The molecule has 1 atom stereocenters. The van der Waals surface area contributed by atoms with Gasteiger partial charge in [0.1, 0.15) is 0 Å². The molecule has 4 aromatic rings. The van der Waals surface area contributed by atoms with E-state index in [4.69, 9.17) is 0 Å². The highest BCUT2D eigenvalue weighted by Gasteiger charge is 2.22. The van der Waals surface area contributed by atoms with Crippen molar-refractivity contribution < 1.29 is 9.59 Å². The molecule has 1 N–H and O–H groups in total. The van der Waals surface area contributed by atoms with E-state index in [0.29, 0.717) is 16.8 Å². The molecule has 5 heteroatoms. The third-order valence-electron chi connectivity index (χ3n) is 5.81. The van der Waals surface area contributed by atoms with Crippen molar-refractivity contribution in [1.82, 2.24) is 0 Å². The van der Waals surface area contributed by atoms with Crippen LogP contribution in [0, 0.1) is 0 Å². The summed E-state index contributed by atoms with van der Waals surface area (Å²) < 4.78 is 0. The van der Waals surface area contributed by atoms with Crippen LogP contribution in [0.3, 0.4) is 0 Å². The number of hydrogen-bond donors (Lipinski definition) is 1. The first-order valence-electron chi connectivity index (χ1n) is 11.4. The molecule has 4 nitrogen and oxygen atoms in total. The number of carbonyl (C=O) groups is 2. The van der Waals surface area contributed by atoms with Gasteiger partial charge in [-0.3, -0.25) is 14.5 Å². The number of rotatable bonds is 4. The highest BCUT2D eigenvalue weighted by atomic mass is 32.2. The fraction of sp³-hybridized carbons (Fsp3) is 0.0667. The van der Waals surface area contributed by atoms with Crippen LogP contribution in [-0.2, 0) is 0 Å². The third kappa shape index (κ3) is 4.91. The monoisotopic (exact) mass is 476 g/mol. The molecule has 0 saturated carbocycles. The van der Waals surface area contributed by atoms with E-state index in [9.17, 15) is 9.59 Å². The van der Waals surface area contributed by atoms with Gasteiger partial charge in [-0.1, -0.05) is 66.7 Å². The van der Waals surface area contributed by atoms with E-state index in [-0.39, 0.29) is 17.1 Å². The van der Waals surface area contributed by atoms with Gasteiger partial charge in [-0.2, -0.15) is 0 Å². The second-order valence-electron chi connectivity index (χ2n) is 8.25. The van der Waals surface area contributed by atoms with Gasteiger partial charge in [0.15, 0.2) is 0 Å². The summed E-state index contributed by atoms with van der Waals surface area (Å²) in [6.45, 7) is 2.11. The SMILES string of the molecule is CC1C=CN(C(=O)c2ccc(NC(=O)c3ccccc3-c3ccccc3)cc2)c2ccccc2S1. The maximum absolute atomic E-state index is 13.4. The van der Waals surface area contributed by atoms with E-state index < -0.39 is 0 Å². The van der Waals surface area contributed by atoms with Crippen LogP contribution in [0.1, 0.15) is 27.6 Å². The zero-order valence-electron chi connectivity index (χ0n) is 19.2. The van der Waals surface area contributed by atoms with Crippen LogP contribution in [0.4, 0.5) is 11.4 Å². The van der Waals surface area contributed by atoms with Crippen molar-refractivity contribution in [3.05, 3.63) is 127 Å². The summed E-state index contributed by atoms with van der Waals surface area (Å²) in [4.78, 5) is 29.2. The number of nitrogens with one attached hydrogen (secondary N) is 1. The Bertz CT molecular complexity index is 1400. The lowest BCUT2D eigenvalue weighted by molar-refractivity contribution is 0.0995. The molecule has 0 radical (unpaired) electrons. The molecule has 172 valence electrons. The fourth-order valence-electron chi connectivity index (χ4n) is 4.04. The maximum atomic E-state index is 13.4. The van der Waals surface area contributed by atoms with Crippen LogP contribution in [0.25, 0.3) is 11.1 Å². The molecule has 1 heterocycles. The molecule has 0 spiro atoms. The van der Waals surface area contributed by atoms with E-state index in [1.54, 1.807) is 40.9 Å². The van der Waals surface area contributed by atoms with Gasteiger partial charge >= 0.3 is 0 Å². The Kier molecular flexibility index (Phi) is 6.51. The first-order chi connectivity index (χ1) is 17.1. The van der Waals surface area contributed by atoms with E-state index >= 15 is 0 Å². The predicted molar refractivity (Wildman–Crippen MR) is 144 cm³/mol. The second kappa shape index (κ2) is 10.0. The van der Waals surface area contributed by atoms with Crippen LogP contribution in [0.15, 0.2) is 120 Å². The van der Waals surface area contributed by atoms with Crippen LogP contribution in [0.2, 0.25) is 0 Å². The highest BCUT2D eigenvalue weighted by Crippen LogP contribution is 2.37. The lowest BCUT2D eigenvalue weighted by Crippen LogP contribution is -2.25. The molecule has 0 aromatic heterocycles. The van der Waals surface area contributed by atoms with Crippen LogP contribution in [-0.4, -0.2) is 17.1 Å². The van der Waals surface area contributed by atoms with Gasteiger partial charge in [-0.25, -0.2) is 0 Å². The quantitative estimate of drug-likeness (QED) is 0.337. The van der Waals surface area contributed by atoms with Crippen molar-refractivity contribution in [3.8, 4) is 11.1 Å². The molecule has 0 saturated heterocycles. The molecular weight excluding hydrogens is 452 g/mol. The Morgan fingerprint density at radius 3 is 2.29 bits per heavy atom. The predicted octanol–water partition coefficient (Wildman–Crippen LogP) is 7.26. The lowest BCUT2D eigenvalue weighted by Gasteiger charge is -2.20. The molecule has 0 fully saturated rings. The molecule has 1 aliphatic heterocycles. The number of nitrogens with zero attached hydrogens (tertiary/aromatic N) is 1. The minimum Gasteiger partial charge on any atom is -0.322 e. The van der Waals surface area contributed by atoms with Gasteiger partial charge in [0, 0.05) is 33.2 Å². The minimum atomic E-state index is -0.195. The number of para-hydroxylation sites is 1. The number of fused-ring (bicyclic) bond motifs is 1. The van der Waals surface area contributed by atoms with Crippen molar-refractivity contribution in [3.63, 3.8) is 0 Å². The van der Waals surface area contributed by atoms with Crippen LogP contribution >= 0.6 is 11.8 Å². The van der Waals surface area contributed by atoms with E-state index in [0.717, 1.165) is 21.7 Å². The topological polar surface area (TPSA) is 49.4 Å². The van der Waals surface area contributed by atoms with E-state index in [1.807, 2.05) is 91.1 Å². The molecule has 4 aromatic carbocycles. The largest absolute Gasteiger partial charge is 0.322 e. The van der Waals surface area contributed by atoms with Gasteiger partial charge in [-0.15, -0.1) is 11.8 Å². The Balaban J connectivity index is 1.36. The number of anilines is 2. The highest BCUT2D eigenvalue weighted by molar-refractivity contribution is 8.00. The Labute approximate surface area is 209 Å². The zero-order chi connectivity index (χ0) is 24.2. The van der Waals surface area contributed by atoms with Gasteiger partial charge < -0.3 is 5.32 Å². The first kappa shape index (κ1) is 22.7. The number of hydrogen-bond acceptors (Lipinski definition) is 3. The number of amides is 2. The van der Waals surface area contributed by atoms with Gasteiger partial charge in [0.2, 0.25) is 0 Å². The first-order valence-corrected chi connectivity index (χ1v) is 12.3. The molecule has 5 rings (SSSR count). The normalized spacial score (nSPS) is 14.7.